The Balaban J connectivity index is 2.37. The predicted octanol–water partition coefficient (Wildman–Crippen LogP) is 2.41. The molecule has 0 aromatic heterocycles. The van der Waals surface area contributed by atoms with Crippen LogP contribution >= 0.6 is 27.5 Å². The van der Waals surface area contributed by atoms with Crippen molar-refractivity contribution in [2.45, 2.75) is 5.92 Å². The van der Waals surface area contributed by atoms with Gasteiger partial charge in [-0.15, -0.1) is 0 Å². The van der Waals surface area contributed by atoms with Gasteiger partial charge in [0.05, 0.1) is 6.54 Å². The van der Waals surface area contributed by atoms with E-state index in [4.69, 9.17) is 11.6 Å². The van der Waals surface area contributed by atoms with Gasteiger partial charge in [0.15, 0.2) is 0 Å². The standard InChI is InChI=1S/C13H10BrClN2O3/c1-7(14)6-17-12(19)10(11(18)16-13(17)20)8-3-2-4-9(15)5-8/h2-5,10H,1,6H2,(H,16,18,20). The van der Waals surface area contributed by atoms with E-state index < -0.39 is 23.8 Å². The fourth-order valence-electron chi connectivity index (χ4n) is 1.91. The van der Waals surface area contributed by atoms with Crippen molar-refractivity contribution in [1.82, 2.24) is 10.2 Å². The molecule has 1 fully saturated rings. The maximum absolute atomic E-state index is 12.3. The fraction of sp³-hybridized carbons (Fsp3) is 0.154. The lowest BCUT2D eigenvalue weighted by atomic mass is 9.95. The van der Waals surface area contributed by atoms with E-state index in [1.165, 1.54) is 6.07 Å². The topological polar surface area (TPSA) is 66.5 Å². The fourth-order valence-corrected chi connectivity index (χ4v) is 2.36. The molecule has 1 aromatic carbocycles. The van der Waals surface area contributed by atoms with Gasteiger partial charge in [-0.25, -0.2) is 4.79 Å². The molecular formula is C13H10BrClN2O3. The number of urea groups is 1. The number of benzene rings is 1. The van der Waals surface area contributed by atoms with Crippen LogP contribution in [0.15, 0.2) is 35.3 Å². The zero-order valence-corrected chi connectivity index (χ0v) is 12.6. The van der Waals surface area contributed by atoms with Crippen molar-refractivity contribution in [3.63, 3.8) is 0 Å². The van der Waals surface area contributed by atoms with E-state index in [0.717, 1.165) is 4.90 Å². The van der Waals surface area contributed by atoms with E-state index in [2.05, 4.69) is 27.8 Å². The molecule has 7 heteroatoms. The summed E-state index contributed by atoms with van der Waals surface area (Å²) < 4.78 is 0.459. The summed E-state index contributed by atoms with van der Waals surface area (Å²) >= 11 is 8.96. The minimum absolute atomic E-state index is 0.00495. The lowest BCUT2D eigenvalue weighted by Crippen LogP contribution is -2.57. The highest BCUT2D eigenvalue weighted by Gasteiger charge is 2.41. The largest absolute Gasteiger partial charge is 0.331 e. The molecule has 0 aliphatic carbocycles. The molecule has 5 nitrogen and oxygen atoms in total. The minimum atomic E-state index is -1.08. The van der Waals surface area contributed by atoms with Crippen LogP contribution in [0.25, 0.3) is 0 Å². The highest BCUT2D eigenvalue weighted by atomic mass is 79.9. The lowest BCUT2D eigenvalue weighted by molar-refractivity contribution is -0.138. The van der Waals surface area contributed by atoms with Gasteiger partial charge in [0.1, 0.15) is 5.92 Å². The monoisotopic (exact) mass is 356 g/mol. The molecule has 0 bridgehead atoms. The number of barbiturate groups is 1. The third-order valence-electron chi connectivity index (χ3n) is 2.76. The molecule has 1 unspecified atom stereocenters. The summed E-state index contributed by atoms with van der Waals surface area (Å²) in [7, 11) is 0. The molecule has 1 atom stereocenters. The highest BCUT2D eigenvalue weighted by Crippen LogP contribution is 2.25. The number of carbonyl (C=O) groups excluding carboxylic acids is 3. The second-order valence-corrected chi connectivity index (χ2v) is 5.78. The molecule has 104 valence electrons. The van der Waals surface area contributed by atoms with Crippen LogP contribution in [-0.4, -0.2) is 29.3 Å². The zero-order chi connectivity index (χ0) is 14.9. The van der Waals surface area contributed by atoms with E-state index in [0.29, 0.717) is 15.1 Å². The molecule has 0 radical (unpaired) electrons. The minimum Gasteiger partial charge on any atom is -0.277 e. The van der Waals surface area contributed by atoms with E-state index in [1.54, 1.807) is 18.2 Å². The summed E-state index contributed by atoms with van der Waals surface area (Å²) in [5, 5.41) is 2.57. The maximum atomic E-state index is 12.3. The molecule has 1 aliphatic rings. The average Bonchev–Trinajstić information content (AvgIpc) is 2.34. The number of amides is 4. The third-order valence-corrected chi connectivity index (χ3v) is 3.25. The number of imide groups is 2. The second-order valence-electron chi connectivity index (χ2n) is 4.22. The van der Waals surface area contributed by atoms with Gasteiger partial charge in [0, 0.05) is 9.51 Å². The van der Waals surface area contributed by atoms with Gasteiger partial charge < -0.3 is 0 Å². The molecule has 1 aromatic rings. The SMILES string of the molecule is C=C(Br)CN1C(=O)NC(=O)C(c2cccc(Cl)c2)C1=O. The summed E-state index contributed by atoms with van der Waals surface area (Å²) in [6.07, 6.45) is 0. The molecule has 1 N–H and O–H groups in total. The van der Waals surface area contributed by atoms with Crippen LogP contribution in [0, 0.1) is 0 Å². The summed E-state index contributed by atoms with van der Waals surface area (Å²) in [5.74, 6) is -2.33. The van der Waals surface area contributed by atoms with Crippen LogP contribution in [-0.2, 0) is 9.59 Å². The molecule has 4 amide bonds. The average molecular weight is 358 g/mol. The van der Waals surface area contributed by atoms with Crippen LogP contribution < -0.4 is 5.32 Å². The van der Waals surface area contributed by atoms with Crippen molar-refractivity contribution in [3.05, 3.63) is 45.9 Å². The quantitative estimate of drug-likeness (QED) is 0.845. The lowest BCUT2D eigenvalue weighted by Gasteiger charge is -2.30. The molecule has 20 heavy (non-hydrogen) atoms. The Morgan fingerprint density at radius 3 is 2.70 bits per heavy atom. The van der Waals surface area contributed by atoms with E-state index in [9.17, 15) is 14.4 Å². The van der Waals surface area contributed by atoms with Crippen LogP contribution in [0.3, 0.4) is 0 Å². The van der Waals surface area contributed by atoms with Gasteiger partial charge in [0.2, 0.25) is 11.8 Å². The molecule has 1 saturated heterocycles. The molecule has 1 aliphatic heterocycles. The number of carbonyl (C=O) groups is 3. The molecule has 2 rings (SSSR count). The van der Waals surface area contributed by atoms with Crippen molar-refractivity contribution in [2.75, 3.05) is 6.54 Å². The Labute approximate surface area is 128 Å². The van der Waals surface area contributed by atoms with Crippen LogP contribution in [0.5, 0.6) is 0 Å². The molecule has 0 spiro atoms. The van der Waals surface area contributed by atoms with Gasteiger partial charge >= 0.3 is 6.03 Å². The first kappa shape index (κ1) is 14.7. The summed E-state index contributed by atoms with van der Waals surface area (Å²) in [6.45, 7) is 3.58. The predicted molar refractivity (Wildman–Crippen MR) is 77.5 cm³/mol. The second kappa shape index (κ2) is 5.76. The van der Waals surface area contributed by atoms with Crippen molar-refractivity contribution in [1.29, 1.82) is 0 Å². The Morgan fingerprint density at radius 1 is 1.40 bits per heavy atom. The Bertz CT molecular complexity index is 617. The number of nitrogens with zero attached hydrogens (tertiary/aromatic N) is 1. The number of hydrogen-bond acceptors (Lipinski definition) is 3. The van der Waals surface area contributed by atoms with Gasteiger partial charge in [-0.1, -0.05) is 46.2 Å². The Hall–Kier alpha value is -1.66. The van der Waals surface area contributed by atoms with Gasteiger partial charge in [-0.3, -0.25) is 19.8 Å². The van der Waals surface area contributed by atoms with Gasteiger partial charge in [-0.05, 0) is 17.7 Å². The highest BCUT2D eigenvalue weighted by molar-refractivity contribution is 9.11. The zero-order valence-electron chi connectivity index (χ0n) is 10.2. The number of rotatable bonds is 3. The van der Waals surface area contributed by atoms with Crippen molar-refractivity contribution >= 4 is 45.4 Å². The number of hydrogen-bond donors (Lipinski definition) is 1. The smallest absolute Gasteiger partial charge is 0.277 e. The first-order valence-corrected chi connectivity index (χ1v) is 6.82. The number of nitrogens with one attached hydrogen (secondary N) is 1. The maximum Gasteiger partial charge on any atom is 0.331 e. The Kier molecular flexibility index (Phi) is 4.25. The van der Waals surface area contributed by atoms with E-state index >= 15 is 0 Å². The van der Waals surface area contributed by atoms with Crippen molar-refractivity contribution in [2.24, 2.45) is 0 Å². The number of halogens is 2. The normalized spacial score (nSPS) is 19.0. The van der Waals surface area contributed by atoms with Crippen molar-refractivity contribution in [3.8, 4) is 0 Å². The molecule has 1 heterocycles. The summed E-state index contributed by atoms with van der Waals surface area (Å²) in [6, 6.07) is 5.67. The van der Waals surface area contributed by atoms with E-state index in [1.807, 2.05) is 0 Å². The van der Waals surface area contributed by atoms with Crippen LogP contribution in [0.1, 0.15) is 11.5 Å². The van der Waals surface area contributed by atoms with Gasteiger partial charge in [0.25, 0.3) is 0 Å². The Morgan fingerprint density at radius 2 is 2.10 bits per heavy atom. The van der Waals surface area contributed by atoms with E-state index in [-0.39, 0.29) is 6.54 Å². The first-order chi connectivity index (χ1) is 9.40. The summed E-state index contributed by atoms with van der Waals surface area (Å²) in [5.41, 5.74) is 0.442. The van der Waals surface area contributed by atoms with Crippen LogP contribution in [0.4, 0.5) is 4.79 Å². The van der Waals surface area contributed by atoms with Crippen LogP contribution in [0.2, 0.25) is 5.02 Å². The first-order valence-electron chi connectivity index (χ1n) is 5.65. The van der Waals surface area contributed by atoms with Crippen molar-refractivity contribution < 1.29 is 14.4 Å². The van der Waals surface area contributed by atoms with Gasteiger partial charge in [-0.2, -0.15) is 0 Å². The summed E-state index contributed by atoms with van der Waals surface area (Å²) in [4.78, 5) is 36.8. The molecule has 0 saturated carbocycles. The third kappa shape index (κ3) is 2.91. The molecular weight excluding hydrogens is 348 g/mol.